The number of hydrogen-bond donors (Lipinski definition) is 2. The van der Waals surface area contributed by atoms with Crippen LogP contribution in [0.5, 0.6) is 0 Å². The van der Waals surface area contributed by atoms with Gasteiger partial charge in [-0.05, 0) is 36.6 Å². The van der Waals surface area contributed by atoms with Gasteiger partial charge in [0.25, 0.3) is 0 Å². The lowest BCUT2D eigenvalue weighted by Gasteiger charge is -2.14. The van der Waals surface area contributed by atoms with E-state index in [0.29, 0.717) is 23.9 Å². The fraction of sp³-hybridized carbons (Fsp3) is 0.471. The van der Waals surface area contributed by atoms with Gasteiger partial charge in [0.05, 0.1) is 6.61 Å². The maximum absolute atomic E-state index is 12.1. The lowest BCUT2D eigenvalue weighted by atomic mass is 10.0. The summed E-state index contributed by atoms with van der Waals surface area (Å²) >= 11 is 0. The Labute approximate surface area is 125 Å². The maximum atomic E-state index is 12.1. The average molecular weight is 288 g/mol. The molecule has 4 heteroatoms. The molecule has 0 saturated carbocycles. The zero-order chi connectivity index (χ0) is 15.2. The summed E-state index contributed by atoms with van der Waals surface area (Å²) in [4.78, 5) is 15.2. The summed E-state index contributed by atoms with van der Waals surface area (Å²) in [6.45, 7) is 4.81. The van der Waals surface area contributed by atoms with E-state index in [1.54, 1.807) is 6.07 Å². The van der Waals surface area contributed by atoms with Crippen LogP contribution in [0, 0.1) is 5.92 Å². The van der Waals surface area contributed by atoms with Crippen molar-refractivity contribution in [1.29, 1.82) is 0 Å². The fourth-order valence-electron chi connectivity index (χ4n) is 2.43. The van der Waals surface area contributed by atoms with Crippen molar-refractivity contribution in [3.8, 4) is 0 Å². The second kappa shape index (κ2) is 7.16. The molecule has 0 spiro atoms. The van der Waals surface area contributed by atoms with Gasteiger partial charge < -0.3 is 15.5 Å². The molecular formula is C17H24N2O2. The van der Waals surface area contributed by atoms with Gasteiger partial charge in [-0.1, -0.05) is 33.1 Å². The second-order valence-corrected chi connectivity index (χ2v) is 5.54. The highest BCUT2D eigenvalue weighted by atomic mass is 16.5. The summed E-state index contributed by atoms with van der Waals surface area (Å²) in [7, 11) is 0. The minimum atomic E-state index is -0.292. The van der Waals surface area contributed by atoms with Gasteiger partial charge in [0, 0.05) is 16.6 Å². The Morgan fingerprint density at radius 1 is 1.33 bits per heavy atom. The van der Waals surface area contributed by atoms with Crippen molar-refractivity contribution in [2.45, 2.75) is 39.5 Å². The predicted octanol–water partition coefficient (Wildman–Crippen LogP) is 4.12. The molecule has 0 saturated heterocycles. The molecule has 1 unspecified atom stereocenters. The Kier molecular flexibility index (Phi) is 5.26. The first-order valence-corrected chi connectivity index (χ1v) is 7.69. The van der Waals surface area contributed by atoms with Crippen LogP contribution in [0.4, 0.5) is 5.69 Å². The predicted molar refractivity (Wildman–Crippen MR) is 86.3 cm³/mol. The molecule has 114 valence electrons. The summed E-state index contributed by atoms with van der Waals surface area (Å²) < 4.78 is 5.44. The van der Waals surface area contributed by atoms with Crippen LogP contribution < -0.4 is 5.73 Å². The van der Waals surface area contributed by atoms with Crippen LogP contribution in [0.25, 0.3) is 10.9 Å². The number of nitrogens with one attached hydrogen (secondary N) is 1. The van der Waals surface area contributed by atoms with Crippen LogP contribution in [0.3, 0.4) is 0 Å². The average Bonchev–Trinajstić information content (AvgIpc) is 2.90. The van der Waals surface area contributed by atoms with Gasteiger partial charge in [0.2, 0.25) is 0 Å². The number of esters is 1. The fourth-order valence-corrected chi connectivity index (χ4v) is 2.43. The van der Waals surface area contributed by atoms with Gasteiger partial charge in [-0.25, -0.2) is 4.79 Å². The van der Waals surface area contributed by atoms with Crippen molar-refractivity contribution >= 4 is 22.6 Å². The first kappa shape index (κ1) is 15.4. The Balaban J connectivity index is 1.98. The summed E-state index contributed by atoms with van der Waals surface area (Å²) in [6.07, 6.45) is 4.51. The van der Waals surface area contributed by atoms with E-state index in [-0.39, 0.29) is 5.97 Å². The van der Waals surface area contributed by atoms with Gasteiger partial charge in [0.1, 0.15) is 5.69 Å². The van der Waals surface area contributed by atoms with Crippen molar-refractivity contribution in [2.75, 3.05) is 12.3 Å². The molecule has 1 aromatic heterocycles. The van der Waals surface area contributed by atoms with E-state index in [2.05, 4.69) is 18.8 Å². The minimum absolute atomic E-state index is 0.292. The topological polar surface area (TPSA) is 68.1 Å². The minimum Gasteiger partial charge on any atom is -0.461 e. The van der Waals surface area contributed by atoms with Crippen LogP contribution in [0.15, 0.2) is 24.3 Å². The van der Waals surface area contributed by atoms with Crippen molar-refractivity contribution in [1.82, 2.24) is 4.98 Å². The third-order valence-corrected chi connectivity index (χ3v) is 3.86. The number of aromatic amines is 1. The highest BCUT2D eigenvalue weighted by molar-refractivity contribution is 5.95. The number of fused-ring (bicyclic) bond motifs is 1. The van der Waals surface area contributed by atoms with Crippen LogP contribution in [-0.4, -0.2) is 17.6 Å². The quantitative estimate of drug-likeness (QED) is 0.594. The Bertz CT molecular complexity index is 604. The lowest BCUT2D eigenvalue weighted by molar-refractivity contribution is 0.0422. The molecule has 0 aliphatic rings. The third-order valence-electron chi connectivity index (χ3n) is 3.86. The van der Waals surface area contributed by atoms with Crippen LogP contribution in [0.1, 0.15) is 50.0 Å². The number of unbranched alkanes of at least 4 members (excludes halogenated alkanes) is 1. The highest BCUT2D eigenvalue weighted by Crippen LogP contribution is 2.19. The van der Waals surface area contributed by atoms with Crippen molar-refractivity contribution < 1.29 is 9.53 Å². The standard InChI is InChI=1S/C17H24N2O2/c1-3-5-6-12(4-2)11-21-17(20)16-10-13-9-14(18)7-8-15(13)19-16/h7-10,12,19H,3-6,11,18H2,1-2H3. The monoisotopic (exact) mass is 288 g/mol. The number of carbonyl (C=O) groups excluding carboxylic acids is 1. The number of nitrogen functional groups attached to an aromatic ring is 1. The summed E-state index contributed by atoms with van der Waals surface area (Å²) in [5.41, 5.74) is 7.81. The molecule has 3 N–H and O–H groups in total. The van der Waals surface area contributed by atoms with Crippen LogP contribution in [-0.2, 0) is 4.74 Å². The molecule has 0 fully saturated rings. The Morgan fingerprint density at radius 3 is 2.86 bits per heavy atom. The first-order valence-electron chi connectivity index (χ1n) is 7.69. The molecule has 0 amide bonds. The van der Waals surface area contributed by atoms with Gasteiger partial charge in [0.15, 0.2) is 0 Å². The van der Waals surface area contributed by atoms with Crippen LogP contribution in [0.2, 0.25) is 0 Å². The van der Waals surface area contributed by atoms with E-state index < -0.39 is 0 Å². The zero-order valence-corrected chi connectivity index (χ0v) is 12.8. The number of carbonyl (C=O) groups is 1. The molecule has 1 aromatic carbocycles. The van der Waals surface area contributed by atoms with Crippen molar-refractivity contribution in [3.63, 3.8) is 0 Å². The van der Waals surface area contributed by atoms with E-state index in [0.717, 1.165) is 23.7 Å². The molecule has 4 nitrogen and oxygen atoms in total. The van der Waals surface area contributed by atoms with E-state index in [1.807, 2.05) is 18.2 Å². The Morgan fingerprint density at radius 2 is 2.14 bits per heavy atom. The summed E-state index contributed by atoms with van der Waals surface area (Å²) in [5.74, 6) is 0.161. The lowest BCUT2D eigenvalue weighted by Crippen LogP contribution is -2.14. The largest absolute Gasteiger partial charge is 0.461 e. The smallest absolute Gasteiger partial charge is 0.354 e. The molecule has 1 heterocycles. The van der Waals surface area contributed by atoms with Crippen LogP contribution >= 0.6 is 0 Å². The SMILES string of the molecule is CCCCC(CC)COC(=O)c1cc2cc(N)ccc2[nH]1. The Hall–Kier alpha value is -1.97. The number of anilines is 1. The van der Waals surface area contributed by atoms with Gasteiger partial charge in [-0.2, -0.15) is 0 Å². The third kappa shape index (κ3) is 4.00. The summed E-state index contributed by atoms with van der Waals surface area (Å²) in [5, 5.41) is 0.931. The van der Waals surface area contributed by atoms with Gasteiger partial charge in [-0.3, -0.25) is 0 Å². The number of aromatic nitrogens is 1. The molecule has 0 aliphatic carbocycles. The number of rotatable bonds is 7. The van der Waals surface area contributed by atoms with Crippen molar-refractivity contribution in [2.24, 2.45) is 5.92 Å². The zero-order valence-electron chi connectivity index (χ0n) is 12.8. The molecule has 0 radical (unpaired) electrons. The number of H-pyrrole nitrogens is 1. The number of benzene rings is 1. The summed E-state index contributed by atoms with van der Waals surface area (Å²) in [6, 6.07) is 7.32. The normalized spacial score (nSPS) is 12.5. The molecule has 0 bridgehead atoms. The van der Waals surface area contributed by atoms with Gasteiger partial charge in [-0.15, -0.1) is 0 Å². The van der Waals surface area contributed by atoms with Gasteiger partial charge >= 0.3 is 5.97 Å². The van der Waals surface area contributed by atoms with E-state index in [1.165, 1.54) is 12.8 Å². The molecule has 2 rings (SSSR count). The molecular weight excluding hydrogens is 264 g/mol. The molecule has 1 atom stereocenters. The van der Waals surface area contributed by atoms with E-state index >= 15 is 0 Å². The number of ether oxygens (including phenoxy) is 1. The molecule has 2 aromatic rings. The number of hydrogen-bond acceptors (Lipinski definition) is 3. The number of nitrogens with two attached hydrogens (primary N) is 1. The van der Waals surface area contributed by atoms with Crippen molar-refractivity contribution in [3.05, 3.63) is 30.0 Å². The second-order valence-electron chi connectivity index (χ2n) is 5.54. The molecule has 0 aliphatic heterocycles. The molecule has 21 heavy (non-hydrogen) atoms. The van der Waals surface area contributed by atoms with E-state index in [4.69, 9.17) is 10.5 Å². The maximum Gasteiger partial charge on any atom is 0.354 e. The first-order chi connectivity index (χ1) is 10.1. The highest BCUT2D eigenvalue weighted by Gasteiger charge is 2.14. The van der Waals surface area contributed by atoms with E-state index in [9.17, 15) is 4.79 Å².